The lowest BCUT2D eigenvalue weighted by atomic mass is 10.2. The molecule has 1 atom stereocenters. The summed E-state index contributed by atoms with van der Waals surface area (Å²) in [5.74, 6) is -0.778. The monoisotopic (exact) mass is 271 g/mol. The van der Waals surface area contributed by atoms with E-state index in [0.29, 0.717) is 0 Å². The predicted octanol–water partition coefficient (Wildman–Crippen LogP) is 3.60. The molecule has 0 aliphatic rings. The summed E-state index contributed by atoms with van der Waals surface area (Å²) in [5.41, 5.74) is 1.02. The standard InChI is InChI=1S/C12H13NO2S.ClH/c1-8(6-12(14)15)13-10-7-16-11-5-3-2-4-9(10)11;/h2-5,7-8,13H,6H2,1H3,(H,14,15);1H. The van der Waals surface area contributed by atoms with Crippen molar-refractivity contribution in [1.82, 2.24) is 0 Å². The van der Waals surface area contributed by atoms with Gasteiger partial charge in [-0.25, -0.2) is 0 Å². The Morgan fingerprint density at radius 3 is 2.88 bits per heavy atom. The lowest BCUT2D eigenvalue weighted by molar-refractivity contribution is -0.137. The van der Waals surface area contributed by atoms with Crippen molar-refractivity contribution in [2.75, 3.05) is 5.32 Å². The number of aliphatic carboxylic acids is 1. The fourth-order valence-electron chi connectivity index (χ4n) is 1.67. The second-order valence-electron chi connectivity index (χ2n) is 3.79. The van der Waals surface area contributed by atoms with Crippen LogP contribution in [0.5, 0.6) is 0 Å². The molecule has 17 heavy (non-hydrogen) atoms. The molecule has 1 unspecified atom stereocenters. The summed E-state index contributed by atoms with van der Waals surface area (Å²) >= 11 is 1.66. The summed E-state index contributed by atoms with van der Waals surface area (Å²) in [5, 5.41) is 15.1. The quantitative estimate of drug-likeness (QED) is 0.893. The maximum atomic E-state index is 10.6. The third kappa shape index (κ3) is 3.35. The van der Waals surface area contributed by atoms with Crippen LogP contribution < -0.4 is 5.32 Å². The number of halogens is 1. The van der Waals surface area contributed by atoms with Gasteiger partial charge in [0.05, 0.1) is 12.1 Å². The van der Waals surface area contributed by atoms with Crippen molar-refractivity contribution in [2.45, 2.75) is 19.4 Å². The largest absolute Gasteiger partial charge is 0.481 e. The molecular weight excluding hydrogens is 258 g/mol. The highest BCUT2D eigenvalue weighted by atomic mass is 35.5. The molecule has 2 aromatic rings. The third-order valence-corrected chi connectivity index (χ3v) is 3.33. The Balaban J connectivity index is 0.00000144. The maximum Gasteiger partial charge on any atom is 0.305 e. The van der Waals surface area contributed by atoms with Crippen LogP contribution in [0.25, 0.3) is 10.1 Å². The van der Waals surface area contributed by atoms with Crippen LogP contribution in [0, 0.1) is 0 Å². The first-order chi connectivity index (χ1) is 7.66. The number of carboxylic acids is 1. The zero-order chi connectivity index (χ0) is 11.5. The number of fused-ring (bicyclic) bond motifs is 1. The predicted molar refractivity (Wildman–Crippen MR) is 74.4 cm³/mol. The number of thiophene rings is 1. The lowest BCUT2D eigenvalue weighted by Crippen LogP contribution is -2.18. The molecular formula is C12H14ClNO2S. The zero-order valence-electron chi connectivity index (χ0n) is 9.34. The molecule has 2 N–H and O–H groups in total. The Hall–Kier alpha value is -1.26. The van der Waals surface area contributed by atoms with E-state index < -0.39 is 5.97 Å². The molecule has 3 nitrogen and oxygen atoms in total. The molecule has 2 rings (SSSR count). The molecule has 0 bridgehead atoms. The number of anilines is 1. The summed E-state index contributed by atoms with van der Waals surface area (Å²) in [6, 6.07) is 8.04. The average molecular weight is 272 g/mol. The highest BCUT2D eigenvalue weighted by Crippen LogP contribution is 2.30. The van der Waals surface area contributed by atoms with Crippen molar-refractivity contribution in [3.63, 3.8) is 0 Å². The van der Waals surface area contributed by atoms with E-state index in [4.69, 9.17) is 5.11 Å². The van der Waals surface area contributed by atoms with Crippen LogP contribution >= 0.6 is 23.7 Å². The smallest absolute Gasteiger partial charge is 0.305 e. The fourth-order valence-corrected chi connectivity index (χ4v) is 2.57. The van der Waals surface area contributed by atoms with Crippen molar-refractivity contribution in [2.24, 2.45) is 0 Å². The topological polar surface area (TPSA) is 49.3 Å². The minimum absolute atomic E-state index is 0. The highest BCUT2D eigenvalue weighted by Gasteiger charge is 2.09. The Labute approximate surface area is 110 Å². The molecule has 0 fully saturated rings. The van der Waals surface area contributed by atoms with E-state index >= 15 is 0 Å². The summed E-state index contributed by atoms with van der Waals surface area (Å²) in [4.78, 5) is 10.6. The minimum atomic E-state index is -0.778. The molecule has 1 heterocycles. The normalized spacial score (nSPS) is 11.8. The van der Waals surface area contributed by atoms with Crippen molar-refractivity contribution in [3.8, 4) is 0 Å². The molecule has 0 radical (unpaired) electrons. The van der Waals surface area contributed by atoms with E-state index in [1.165, 1.54) is 4.70 Å². The molecule has 0 spiro atoms. The van der Waals surface area contributed by atoms with Gasteiger partial charge in [-0.15, -0.1) is 23.7 Å². The van der Waals surface area contributed by atoms with Gasteiger partial charge in [0.15, 0.2) is 0 Å². The number of carbonyl (C=O) groups is 1. The van der Waals surface area contributed by atoms with E-state index in [2.05, 4.69) is 11.4 Å². The van der Waals surface area contributed by atoms with Gasteiger partial charge in [-0.05, 0) is 13.0 Å². The average Bonchev–Trinajstić information content (AvgIpc) is 2.61. The van der Waals surface area contributed by atoms with Crippen LogP contribution in [0.2, 0.25) is 0 Å². The molecule has 0 saturated heterocycles. The van der Waals surface area contributed by atoms with Crippen molar-refractivity contribution < 1.29 is 9.90 Å². The first-order valence-electron chi connectivity index (χ1n) is 5.11. The van der Waals surface area contributed by atoms with Gasteiger partial charge in [-0.3, -0.25) is 4.79 Å². The molecule has 0 aliphatic heterocycles. The van der Waals surface area contributed by atoms with Crippen LogP contribution in [-0.4, -0.2) is 17.1 Å². The van der Waals surface area contributed by atoms with Gasteiger partial charge in [0.2, 0.25) is 0 Å². The van der Waals surface area contributed by atoms with Crippen LogP contribution in [-0.2, 0) is 4.79 Å². The van der Waals surface area contributed by atoms with Gasteiger partial charge in [0.25, 0.3) is 0 Å². The lowest BCUT2D eigenvalue weighted by Gasteiger charge is -2.11. The number of benzene rings is 1. The second-order valence-corrected chi connectivity index (χ2v) is 4.70. The number of rotatable bonds is 4. The SMILES string of the molecule is CC(CC(=O)O)Nc1csc2ccccc12.Cl. The Morgan fingerprint density at radius 1 is 1.47 bits per heavy atom. The van der Waals surface area contributed by atoms with E-state index in [-0.39, 0.29) is 24.9 Å². The molecule has 0 saturated carbocycles. The zero-order valence-corrected chi connectivity index (χ0v) is 11.0. The number of carboxylic acid groups (broad SMARTS) is 1. The van der Waals surface area contributed by atoms with E-state index in [9.17, 15) is 4.79 Å². The van der Waals surface area contributed by atoms with Gasteiger partial charge in [0, 0.05) is 21.5 Å². The molecule has 1 aromatic heterocycles. The Kier molecular flexibility index (Phi) is 4.78. The van der Waals surface area contributed by atoms with Gasteiger partial charge in [-0.1, -0.05) is 18.2 Å². The summed E-state index contributed by atoms with van der Waals surface area (Å²) < 4.78 is 1.22. The fraction of sp³-hybridized carbons (Fsp3) is 0.250. The van der Waals surface area contributed by atoms with Crippen LogP contribution in [0.1, 0.15) is 13.3 Å². The van der Waals surface area contributed by atoms with Crippen molar-refractivity contribution >= 4 is 45.5 Å². The second kappa shape index (κ2) is 5.89. The minimum Gasteiger partial charge on any atom is -0.481 e. The number of hydrogen-bond donors (Lipinski definition) is 2. The van der Waals surface area contributed by atoms with E-state index in [1.807, 2.05) is 30.5 Å². The molecule has 0 aliphatic carbocycles. The van der Waals surface area contributed by atoms with Crippen LogP contribution in [0.15, 0.2) is 29.6 Å². The molecule has 92 valence electrons. The van der Waals surface area contributed by atoms with Gasteiger partial charge >= 0.3 is 5.97 Å². The first kappa shape index (κ1) is 13.8. The first-order valence-corrected chi connectivity index (χ1v) is 5.99. The number of hydrogen-bond acceptors (Lipinski definition) is 3. The molecule has 5 heteroatoms. The molecule has 0 amide bonds. The third-order valence-electron chi connectivity index (χ3n) is 2.36. The van der Waals surface area contributed by atoms with Crippen LogP contribution in [0.4, 0.5) is 5.69 Å². The summed E-state index contributed by atoms with van der Waals surface area (Å²) in [7, 11) is 0. The van der Waals surface area contributed by atoms with Gasteiger partial charge in [-0.2, -0.15) is 0 Å². The number of nitrogens with one attached hydrogen (secondary N) is 1. The Morgan fingerprint density at radius 2 is 2.18 bits per heavy atom. The van der Waals surface area contributed by atoms with E-state index in [1.54, 1.807) is 11.3 Å². The maximum absolute atomic E-state index is 10.6. The Bertz CT molecular complexity index is 512. The van der Waals surface area contributed by atoms with Crippen molar-refractivity contribution in [1.29, 1.82) is 0 Å². The summed E-state index contributed by atoms with van der Waals surface area (Å²) in [6.07, 6.45) is 0.129. The van der Waals surface area contributed by atoms with Gasteiger partial charge < -0.3 is 10.4 Å². The highest BCUT2D eigenvalue weighted by molar-refractivity contribution is 7.17. The molecule has 1 aromatic carbocycles. The van der Waals surface area contributed by atoms with Crippen molar-refractivity contribution in [3.05, 3.63) is 29.6 Å². The summed E-state index contributed by atoms with van der Waals surface area (Å²) in [6.45, 7) is 1.88. The van der Waals surface area contributed by atoms with Gasteiger partial charge in [0.1, 0.15) is 0 Å². The van der Waals surface area contributed by atoms with E-state index in [0.717, 1.165) is 11.1 Å². The van der Waals surface area contributed by atoms with Crippen LogP contribution in [0.3, 0.4) is 0 Å².